The van der Waals surface area contributed by atoms with Gasteiger partial charge >= 0.3 is 0 Å². The molecule has 2 rings (SSSR count). The molecule has 11 heavy (non-hydrogen) atoms. The summed E-state index contributed by atoms with van der Waals surface area (Å²) in [7, 11) is 1.80. The van der Waals surface area contributed by atoms with Gasteiger partial charge in [-0.3, -0.25) is 9.48 Å². The monoisotopic (exact) mass is 151 g/mol. The molecule has 0 aliphatic carbocycles. The number of rotatable bonds is 1. The molecular formula is C7H9N3O. The number of nitrogens with zero attached hydrogens (tertiary/aromatic N) is 3. The van der Waals surface area contributed by atoms with Gasteiger partial charge in [-0.25, -0.2) is 0 Å². The summed E-state index contributed by atoms with van der Waals surface area (Å²) in [5.74, 6) is 0.0955. The van der Waals surface area contributed by atoms with Crippen molar-refractivity contribution in [2.75, 3.05) is 13.1 Å². The van der Waals surface area contributed by atoms with Gasteiger partial charge in [0.2, 0.25) is 0 Å². The van der Waals surface area contributed by atoms with Crippen LogP contribution in [-0.4, -0.2) is 33.7 Å². The molecule has 58 valence electrons. The molecule has 0 atom stereocenters. The topological polar surface area (TPSA) is 37.9 Å². The van der Waals surface area contributed by atoms with Gasteiger partial charge in [0.15, 0.2) is 0 Å². The minimum absolute atomic E-state index is 0.0955. The molecule has 1 fully saturated rings. The first-order chi connectivity index (χ1) is 5.27. The van der Waals surface area contributed by atoms with Gasteiger partial charge in [-0.2, -0.15) is 5.10 Å². The number of hydrogen-bond donors (Lipinski definition) is 0. The van der Waals surface area contributed by atoms with Crippen molar-refractivity contribution >= 4 is 5.91 Å². The van der Waals surface area contributed by atoms with Crippen molar-refractivity contribution in [3.63, 3.8) is 0 Å². The van der Waals surface area contributed by atoms with E-state index in [0.717, 1.165) is 13.1 Å². The van der Waals surface area contributed by atoms with Crippen LogP contribution in [-0.2, 0) is 7.05 Å². The second-order valence-electron chi connectivity index (χ2n) is 2.69. The predicted molar refractivity (Wildman–Crippen MR) is 39.1 cm³/mol. The third-order valence-corrected chi connectivity index (χ3v) is 1.69. The predicted octanol–water partition coefficient (Wildman–Crippen LogP) is -0.124. The molecule has 1 amide bonds. The number of hydrogen-bond acceptors (Lipinski definition) is 2. The highest BCUT2D eigenvalue weighted by molar-refractivity contribution is 5.95. The average Bonchev–Trinajstić information content (AvgIpc) is 2.74. The Morgan fingerprint density at radius 1 is 1.64 bits per heavy atom. The van der Waals surface area contributed by atoms with Gasteiger partial charge in [0.25, 0.3) is 5.91 Å². The van der Waals surface area contributed by atoms with Crippen LogP contribution in [0.25, 0.3) is 0 Å². The second-order valence-corrected chi connectivity index (χ2v) is 2.69. The molecule has 2 heterocycles. The lowest BCUT2D eigenvalue weighted by molar-refractivity contribution is 0.0885. The van der Waals surface area contributed by atoms with Crippen molar-refractivity contribution in [2.45, 2.75) is 0 Å². The Morgan fingerprint density at radius 3 is 2.82 bits per heavy atom. The maximum Gasteiger partial charge on any atom is 0.257 e. The first-order valence-corrected chi connectivity index (χ1v) is 3.55. The van der Waals surface area contributed by atoms with E-state index < -0.39 is 0 Å². The molecule has 0 bridgehead atoms. The molecule has 1 aromatic rings. The SMILES string of the molecule is Cn1cc(C(=O)N2CC2)cn1. The molecule has 4 heteroatoms. The van der Waals surface area contributed by atoms with Crippen LogP contribution >= 0.6 is 0 Å². The van der Waals surface area contributed by atoms with Gasteiger partial charge in [-0.15, -0.1) is 0 Å². The standard InChI is InChI=1S/C7H9N3O/c1-9-5-6(4-8-9)7(11)10-2-3-10/h4-5H,2-3H2,1H3. The summed E-state index contributed by atoms with van der Waals surface area (Å²) in [6.45, 7) is 1.79. The highest BCUT2D eigenvalue weighted by Crippen LogP contribution is 2.10. The van der Waals surface area contributed by atoms with E-state index in [1.54, 1.807) is 29.0 Å². The van der Waals surface area contributed by atoms with Crippen molar-refractivity contribution in [3.8, 4) is 0 Å². The summed E-state index contributed by atoms with van der Waals surface area (Å²) in [5, 5.41) is 3.92. The zero-order chi connectivity index (χ0) is 7.84. The molecule has 0 saturated carbocycles. The molecule has 0 radical (unpaired) electrons. The molecule has 1 saturated heterocycles. The largest absolute Gasteiger partial charge is 0.335 e. The van der Waals surface area contributed by atoms with Crippen LogP contribution in [0.1, 0.15) is 10.4 Å². The van der Waals surface area contributed by atoms with Gasteiger partial charge in [0.05, 0.1) is 11.8 Å². The van der Waals surface area contributed by atoms with E-state index >= 15 is 0 Å². The normalized spacial score (nSPS) is 15.2. The quantitative estimate of drug-likeness (QED) is 0.524. The van der Waals surface area contributed by atoms with Crippen LogP contribution in [0.5, 0.6) is 0 Å². The zero-order valence-electron chi connectivity index (χ0n) is 6.32. The van der Waals surface area contributed by atoms with E-state index in [1.165, 1.54) is 0 Å². The fraction of sp³-hybridized carbons (Fsp3) is 0.429. The van der Waals surface area contributed by atoms with Gasteiger partial charge in [-0.1, -0.05) is 0 Å². The number of aromatic nitrogens is 2. The van der Waals surface area contributed by atoms with Crippen LogP contribution in [0.4, 0.5) is 0 Å². The summed E-state index contributed by atoms with van der Waals surface area (Å²) >= 11 is 0. The number of carbonyl (C=O) groups excluding carboxylic acids is 1. The maximum absolute atomic E-state index is 11.3. The van der Waals surface area contributed by atoms with Crippen molar-refractivity contribution in [1.29, 1.82) is 0 Å². The van der Waals surface area contributed by atoms with Crippen molar-refractivity contribution < 1.29 is 4.79 Å². The molecule has 0 spiro atoms. The first-order valence-electron chi connectivity index (χ1n) is 3.55. The molecule has 0 unspecified atom stereocenters. The molecule has 0 N–H and O–H groups in total. The van der Waals surface area contributed by atoms with Gasteiger partial charge in [0.1, 0.15) is 0 Å². The number of carbonyl (C=O) groups is 1. The number of aryl methyl sites for hydroxylation is 1. The Kier molecular flexibility index (Phi) is 1.21. The fourth-order valence-corrected chi connectivity index (χ4v) is 0.967. The minimum atomic E-state index is 0.0955. The van der Waals surface area contributed by atoms with E-state index in [9.17, 15) is 4.79 Å². The van der Waals surface area contributed by atoms with Gasteiger partial charge < -0.3 is 4.90 Å². The van der Waals surface area contributed by atoms with Crippen molar-refractivity contribution in [2.24, 2.45) is 7.05 Å². The summed E-state index contributed by atoms with van der Waals surface area (Å²) in [6, 6.07) is 0. The summed E-state index contributed by atoms with van der Waals surface area (Å²) in [4.78, 5) is 13.1. The third kappa shape index (κ3) is 1.11. The first kappa shape index (κ1) is 6.39. The van der Waals surface area contributed by atoms with Crippen LogP contribution in [0.2, 0.25) is 0 Å². The Bertz CT molecular complexity index is 288. The molecular weight excluding hydrogens is 142 g/mol. The summed E-state index contributed by atoms with van der Waals surface area (Å²) in [6.07, 6.45) is 3.33. The van der Waals surface area contributed by atoms with Crippen molar-refractivity contribution in [3.05, 3.63) is 18.0 Å². The van der Waals surface area contributed by atoms with Crippen LogP contribution in [0.15, 0.2) is 12.4 Å². The lowest BCUT2D eigenvalue weighted by Crippen LogP contribution is -2.09. The van der Waals surface area contributed by atoms with E-state index in [2.05, 4.69) is 5.10 Å². The van der Waals surface area contributed by atoms with Gasteiger partial charge in [-0.05, 0) is 0 Å². The Hall–Kier alpha value is -1.32. The van der Waals surface area contributed by atoms with Crippen molar-refractivity contribution in [1.82, 2.24) is 14.7 Å². The average molecular weight is 151 g/mol. The third-order valence-electron chi connectivity index (χ3n) is 1.69. The molecule has 4 nitrogen and oxygen atoms in total. The minimum Gasteiger partial charge on any atom is -0.335 e. The summed E-state index contributed by atoms with van der Waals surface area (Å²) in [5.41, 5.74) is 0.685. The molecule has 1 aliphatic rings. The molecule has 1 aliphatic heterocycles. The van der Waals surface area contributed by atoms with E-state index in [0.29, 0.717) is 5.56 Å². The van der Waals surface area contributed by atoms with Crippen LogP contribution in [0, 0.1) is 0 Å². The highest BCUT2D eigenvalue weighted by Gasteiger charge is 2.25. The summed E-state index contributed by atoms with van der Waals surface area (Å²) < 4.78 is 1.64. The molecule has 1 aromatic heterocycles. The second kappa shape index (κ2) is 2.08. The Balaban J connectivity index is 2.21. The van der Waals surface area contributed by atoms with Gasteiger partial charge in [0, 0.05) is 26.3 Å². The van der Waals surface area contributed by atoms with Crippen LogP contribution in [0.3, 0.4) is 0 Å². The lowest BCUT2D eigenvalue weighted by Gasteiger charge is -1.94. The smallest absolute Gasteiger partial charge is 0.257 e. The number of amides is 1. The zero-order valence-corrected chi connectivity index (χ0v) is 6.32. The van der Waals surface area contributed by atoms with E-state index in [-0.39, 0.29) is 5.91 Å². The fourth-order valence-electron chi connectivity index (χ4n) is 0.967. The highest BCUT2D eigenvalue weighted by atomic mass is 16.2. The van der Waals surface area contributed by atoms with E-state index in [4.69, 9.17) is 0 Å². The maximum atomic E-state index is 11.3. The Morgan fingerprint density at radius 2 is 2.36 bits per heavy atom. The lowest BCUT2D eigenvalue weighted by atomic mass is 10.3. The molecule has 0 aromatic carbocycles. The Labute approximate surface area is 64.4 Å². The van der Waals surface area contributed by atoms with Crippen LogP contribution < -0.4 is 0 Å². The van der Waals surface area contributed by atoms with E-state index in [1.807, 2.05) is 0 Å².